The molecule has 0 bridgehead atoms. The predicted molar refractivity (Wildman–Crippen MR) is 138 cm³/mol. The number of nitrogens with two attached hydrogens (primary N) is 1. The zero-order chi connectivity index (χ0) is 27.8. The molecule has 3 aromatic rings. The van der Waals surface area contributed by atoms with Crippen molar-refractivity contribution in [1.29, 1.82) is 0 Å². The number of carboxylic acids is 1. The third-order valence-electron chi connectivity index (χ3n) is 6.06. The molecule has 0 aromatic carbocycles. The molecule has 2 aliphatic rings. The maximum atomic E-state index is 13.1. The Morgan fingerprint density at radius 3 is 2.90 bits per heavy atom. The average molecular weight is 592 g/mol. The monoisotopic (exact) mass is 591 g/mol. The summed E-state index contributed by atoms with van der Waals surface area (Å²) in [6.45, 7) is 2.32. The number of aromatic nitrogens is 4. The van der Waals surface area contributed by atoms with Crippen LogP contribution >= 0.6 is 34.6 Å². The summed E-state index contributed by atoms with van der Waals surface area (Å²) in [5, 5.41) is 22.5. The fourth-order valence-corrected chi connectivity index (χ4v) is 7.15. The van der Waals surface area contributed by atoms with Crippen molar-refractivity contribution in [3.63, 3.8) is 0 Å². The number of hydrogen-bond donors (Lipinski definition) is 3. The number of hydrogen-bond acceptors (Lipinski definition) is 13. The second kappa shape index (κ2) is 10.6. The molecule has 4 N–H and O–H groups in total. The lowest BCUT2D eigenvalue weighted by Crippen LogP contribution is -2.71. The molecule has 0 spiro atoms. The van der Waals surface area contributed by atoms with Gasteiger partial charge in [-0.15, -0.1) is 11.8 Å². The molecule has 0 radical (unpaired) electrons. The molecule has 3 aromatic heterocycles. The summed E-state index contributed by atoms with van der Waals surface area (Å²) in [6, 6.07) is -1.01. The van der Waals surface area contributed by atoms with Gasteiger partial charge in [-0.05, 0) is 6.92 Å². The van der Waals surface area contributed by atoms with Crippen LogP contribution in [-0.4, -0.2) is 72.8 Å². The standard InChI is InChI=1S/C21H21N9O6S3/c1-9-6-37-12-5-28(11(29(9)12)3-23-8-31)4-10-7-38-19-14(18(33)30(19)15(10)20(34)35)24-17(32)13(26-36-2)16-25-21(22)39-27-16/h5-6,8,14,19H,3-4,7H2,1-2H3,(H4-,22,23,24,25,27,31,32,34,35)/b26-13-/t14-,19-/m1/s1. The van der Waals surface area contributed by atoms with Gasteiger partial charge in [-0.2, -0.15) is 13.8 Å². The summed E-state index contributed by atoms with van der Waals surface area (Å²) in [5.74, 6) is -1.93. The summed E-state index contributed by atoms with van der Waals surface area (Å²) in [7, 11) is 1.24. The molecule has 15 nitrogen and oxygen atoms in total. The van der Waals surface area contributed by atoms with E-state index >= 15 is 0 Å². The minimum atomic E-state index is -1.50. The van der Waals surface area contributed by atoms with Crippen LogP contribution in [0.1, 0.15) is 17.3 Å². The Morgan fingerprint density at radius 2 is 2.23 bits per heavy atom. The molecule has 0 saturated carbocycles. The largest absolute Gasteiger partial charge is 0.543 e. The first-order valence-electron chi connectivity index (χ1n) is 11.3. The molecule has 1 fully saturated rings. The molecule has 18 heteroatoms. The number of aryl methyl sites for hydroxylation is 1. The lowest BCUT2D eigenvalue weighted by atomic mass is 10.0. The maximum absolute atomic E-state index is 13.1. The molecule has 0 unspecified atom stereocenters. The smallest absolute Gasteiger partial charge is 0.282 e. The number of carboxylic acid groups (broad SMARTS) is 1. The zero-order valence-corrected chi connectivity index (χ0v) is 22.9. The van der Waals surface area contributed by atoms with E-state index in [0.717, 1.165) is 32.8 Å². The summed E-state index contributed by atoms with van der Waals surface area (Å²) in [6.07, 6.45) is 2.46. The van der Waals surface area contributed by atoms with Crippen molar-refractivity contribution in [2.45, 2.75) is 31.4 Å². The van der Waals surface area contributed by atoms with Crippen molar-refractivity contribution in [3.05, 3.63) is 40.2 Å². The number of imidazole rings is 1. The quantitative estimate of drug-likeness (QED) is 0.0759. The normalized spacial score (nSPS) is 19.1. The van der Waals surface area contributed by atoms with Crippen LogP contribution in [0.25, 0.3) is 4.83 Å². The molecule has 2 atom stereocenters. The number of carbonyl (C=O) groups is 4. The Hall–Kier alpha value is -4.03. The van der Waals surface area contributed by atoms with Crippen molar-refractivity contribution >= 4 is 74.5 Å². The van der Waals surface area contributed by atoms with Gasteiger partial charge in [0.1, 0.15) is 43.5 Å². The van der Waals surface area contributed by atoms with Gasteiger partial charge in [-0.25, -0.2) is 4.57 Å². The maximum Gasteiger partial charge on any atom is 0.282 e. The van der Waals surface area contributed by atoms with Crippen molar-refractivity contribution < 1.29 is 33.7 Å². The van der Waals surface area contributed by atoms with Gasteiger partial charge >= 0.3 is 0 Å². The van der Waals surface area contributed by atoms with E-state index in [0.29, 0.717) is 12.0 Å². The Labute approximate surface area is 232 Å². The van der Waals surface area contributed by atoms with Crippen LogP contribution in [0.5, 0.6) is 0 Å². The van der Waals surface area contributed by atoms with Crippen LogP contribution in [0.2, 0.25) is 0 Å². The number of nitrogens with one attached hydrogen (secondary N) is 2. The summed E-state index contributed by atoms with van der Waals surface area (Å²) in [4.78, 5) is 59.9. The van der Waals surface area contributed by atoms with Gasteiger partial charge in [0.25, 0.3) is 17.6 Å². The lowest BCUT2D eigenvalue weighted by molar-refractivity contribution is -0.695. The highest BCUT2D eigenvalue weighted by molar-refractivity contribution is 8.00. The van der Waals surface area contributed by atoms with Gasteiger partial charge in [-0.1, -0.05) is 16.5 Å². The Kier molecular flexibility index (Phi) is 7.23. The summed E-state index contributed by atoms with van der Waals surface area (Å²) in [5.41, 5.74) is 6.52. The van der Waals surface area contributed by atoms with E-state index in [1.54, 1.807) is 0 Å². The van der Waals surface area contributed by atoms with Gasteiger partial charge in [0, 0.05) is 28.2 Å². The minimum absolute atomic E-state index is 0.0611. The molecule has 1 saturated heterocycles. The van der Waals surface area contributed by atoms with Crippen LogP contribution in [0.3, 0.4) is 0 Å². The second-order valence-corrected chi connectivity index (χ2v) is 11.2. The predicted octanol–water partition coefficient (Wildman–Crippen LogP) is -2.27. The Bertz CT molecular complexity index is 1560. The molecule has 39 heavy (non-hydrogen) atoms. The number of carbonyl (C=O) groups excluding carboxylic acids is 4. The van der Waals surface area contributed by atoms with Crippen molar-refractivity contribution in [1.82, 2.24) is 29.3 Å². The van der Waals surface area contributed by atoms with Crippen LogP contribution in [0.15, 0.2) is 28.0 Å². The van der Waals surface area contributed by atoms with Crippen molar-refractivity contribution in [2.75, 3.05) is 18.6 Å². The third kappa shape index (κ3) is 4.70. The zero-order valence-electron chi connectivity index (χ0n) is 20.4. The third-order valence-corrected chi connectivity index (χ3v) is 8.93. The second-order valence-electron chi connectivity index (χ2n) is 8.40. The number of thioether (sulfide) groups is 1. The van der Waals surface area contributed by atoms with E-state index in [-0.39, 0.29) is 41.2 Å². The van der Waals surface area contributed by atoms with E-state index in [1.807, 2.05) is 27.5 Å². The van der Waals surface area contributed by atoms with E-state index in [9.17, 15) is 24.3 Å². The van der Waals surface area contributed by atoms with E-state index in [1.165, 1.54) is 30.2 Å². The number of oxime groups is 1. The molecular formula is C21H21N9O6S3. The number of amides is 3. The van der Waals surface area contributed by atoms with Gasteiger partial charge in [0.15, 0.2) is 5.13 Å². The summed E-state index contributed by atoms with van der Waals surface area (Å²) < 4.78 is 7.77. The number of thiazole rings is 1. The molecular weight excluding hydrogens is 570 g/mol. The highest BCUT2D eigenvalue weighted by atomic mass is 32.2. The van der Waals surface area contributed by atoms with Gasteiger partial charge in [0.05, 0.1) is 11.7 Å². The molecule has 0 aliphatic carbocycles. The highest BCUT2D eigenvalue weighted by Gasteiger charge is 2.53. The fourth-order valence-electron chi connectivity index (χ4n) is 4.45. The number of rotatable bonds is 10. The first-order valence-corrected chi connectivity index (χ1v) is 14.0. The van der Waals surface area contributed by atoms with Gasteiger partial charge in [0.2, 0.25) is 22.8 Å². The SMILES string of the molecule is CO/N=C(\C(=O)N[C@@H]1C(=O)N2C(C(=O)[O-])=C(C[n+]3cc4scc(C)n4c3CNC=O)CS[C@H]12)c1nsc(N)n1. The lowest BCUT2D eigenvalue weighted by Gasteiger charge is -2.50. The fraction of sp³-hybridized carbons (Fsp3) is 0.333. The van der Waals surface area contributed by atoms with Crippen LogP contribution in [-0.2, 0) is 37.1 Å². The Morgan fingerprint density at radius 1 is 1.44 bits per heavy atom. The first kappa shape index (κ1) is 26.6. The number of aliphatic carboxylic acids is 1. The topological polar surface area (TPSA) is 200 Å². The number of anilines is 1. The number of fused-ring (bicyclic) bond motifs is 2. The summed E-state index contributed by atoms with van der Waals surface area (Å²) >= 11 is 3.68. The minimum Gasteiger partial charge on any atom is -0.543 e. The highest BCUT2D eigenvalue weighted by Crippen LogP contribution is 2.40. The van der Waals surface area contributed by atoms with Crippen LogP contribution in [0.4, 0.5) is 5.13 Å². The molecule has 5 heterocycles. The van der Waals surface area contributed by atoms with Crippen LogP contribution < -0.4 is 26.0 Å². The molecule has 5 rings (SSSR count). The van der Waals surface area contributed by atoms with E-state index < -0.39 is 29.2 Å². The molecule has 2 aliphatic heterocycles. The molecule has 204 valence electrons. The van der Waals surface area contributed by atoms with Gasteiger partial charge in [-0.3, -0.25) is 19.3 Å². The van der Waals surface area contributed by atoms with E-state index in [4.69, 9.17) is 10.6 Å². The van der Waals surface area contributed by atoms with Crippen molar-refractivity contribution in [2.24, 2.45) is 5.16 Å². The average Bonchev–Trinajstić information content (AvgIpc) is 3.60. The van der Waals surface area contributed by atoms with Crippen LogP contribution in [0, 0.1) is 6.92 Å². The number of β-lactam (4-membered cyclic amide) rings is 1. The first-order chi connectivity index (χ1) is 18.7. The van der Waals surface area contributed by atoms with Gasteiger partial charge < -0.3 is 31.1 Å². The number of nitrogen functional groups attached to an aromatic ring is 1. The van der Waals surface area contributed by atoms with E-state index in [2.05, 4.69) is 25.1 Å². The Balaban J connectivity index is 1.39. The van der Waals surface area contributed by atoms with Crippen molar-refractivity contribution in [3.8, 4) is 0 Å². The number of nitrogens with zero attached hydrogens (tertiary/aromatic N) is 6. The molecule has 3 amide bonds.